The Morgan fingerprint density at radius 3 is 2.42 bits per heavy atom. The zero-order valence-electron chi connectivity index (χ0n) is 8.05. The minimum Gasteiger partial charge on any atom is -0.459 e. The molecule has 0 unspecified atom stereocenters. The van der Waals surface area contributed by atoms with Crippen molar-refractivity contribution in [2.45, 2.75) is 33.3 Å². The number of carbonyl (C=O) groups is 1. The van der Waals surface area contributed by atoms with Crippen LogP contribution < -0.4 is 0 Å². The highest BCUT2D eigenvalue weighted by atomic mass is 16.5. The predicted octanol–water partition coefficient (Wildman–Crippen LogP) is 1.27. The molecule has 0 amide bonds. The van der Waals surface area contributed by atoms with E-state index in [9.17, 15) is 9.90 Å². The number of rotatable bonds is 3. The molecule has 0 saturated carbocycles. The van der Waals surface area contributed by atoms with E-state index in [1.165, 1.54) is 0 Å². The molecule has 3 heteroatoms. The molecule has 70 valence electrons. The number of hydrogen-bond acceptors (Lipinski definition) is 3. The number of hydrogen-bond donors (Lipinski definition) is 1. The van der Waals surface area contributed by atoms with Gasteiger partial charge in [0.05, 0.1) is 5.60 Å². The lowest BCUT2D eigenvalue weighted by Crippen LogP contribution is -2.28. The summed E-state index contributed by atoms with van der Waals surface area (Å²) in [5.41, 5.74) is -0.400. The molecule has 0 radical (unpaired) electrons. The first-order valence-corrected chi connectivity index (χ1v) is 3.89. The van der Waals surface area contributed by atoms with Gasteiger partial charge in [-0.1, -0.05) is 6.08 Å². The van der Waals surface area contributed by atoms with Gasteiger partial charge >= 0.3 is 5.97 Å². The average Bonchev–Trinajstić information content (AvgIpc) is 1.97. The van der Waals surface area contributed by atoms with Crippen molar-refractivity contribution in [2.75, 3.05) is 6.61 Å². The molecule has 3 nitrogen and oxygen atoms in total. The van der Waals surface area contributed by atoms with Crippen LogP contribution in [0.4, 0.5) is 0 Å². The summed E-state index contributed by atoms with van der Waals surface area (Å²) in [6.07, 6.45) is 1.67. The molecular formula is C9H16O3. The van der Waals surface area contributed by atoms with E-state index in [4.69, 9.17) is 4.74 Å². The summed E-state index contributed by atoms with van der Waals surface area (Å²) >= 11 is 0. The fourth-order valence-corrected chi connectivity index (χ4v) is 0.474. The van der Waals surface area contributed by atoms with Crippen molar-refractivity contribution in [3.05, 3.63) is 11.6 Å². The van der Waals surface area contributed by atoms with Gasteiger partial charge in [0.15, 0.2) is 0 Å². The second-order valence-electron chi connectivity index (χ2n) is 3.36. The first-order valence-electron chi connectivity index (χ1n) is 3.89. The zero-order chi connectivity index (χ0) is 9.78. The minimum atomic E-state index is -0.955. The third-order valence-corrected chi connectivity index (χ3v) is 1.31. The summed E-state index contributed by atoms with van der Waals surface area (Å²) in [4.78, 5) is 11.0. The van der Waals surface area contributed by atoms with Crippen LogP contribution in [0, 0.1) is 0 Å². The second-order valence-corrected chi connectivity index (χ2v) is 3.36. The van der Waals surface area contributed by atoms with Crippen molar-refractivity contribution in [1.82, 2.24) is 0 Å². The highest BCUT2D eigenvalue weighted by Gasteiger charge is 2.15. The normalized spacial score (nSPS) is 12.9. The van der Waals surface area contributed by atoms with Gasteiger partial charge in [-0.2, -0.15) is 0 Å². The smallest absolute Gasteiger partial charge is 0.333 e. The summed E-state index contributed by atoms with van der Waals surface area (Å²) in [6.45, 7) is 6.64. The van der Waals surface area contributed by atoms with Crippen molar-refractivity contribution >= 4 is 5.97 Å². The van der Waals surface area contributed by atoms with Crippen LogP contribution in [0.2, 0.25) is 0 Å². The van der Waals surface area contributed by atoms with Crippen LogP contribution in [0.5, 0.6) is 0 Å². The largest absolute Gasteiger partial charge is 0.459 e. The Balaban J connectivity index is 3.89. The van der Waals surface area contributed by atoms with Gasteiger partial charge in [-0.3, -0.25) is 0 Å². The molecule has 0 bridgehead atoms. The van der Waals surface area contributed by atoms with Gasteiger partial charge < -0.3 is 9.84 Å². The van der Waals surface area contributed by atoms with Crippen LogP contribution in [0.3, 0.4) is 0 Å². The molecule has 12 heavy (non-hydrogen) atoms. The molecule has 0 atom stereocenters. The summed E-state index contributed by atoms with van der Waals surface area (Å²) in [5.74, 6) is -0.375. The highest BCUT2D eigenvalue weighted by molar-refractivity contribution is 5.87. The fourth-order valence-electron chi connectivity index (χ4n) is 0.474. The molecule has 0 aliphatic heterocycles. The quantitative estimate of drug-likeness (QED) is 0.515. The van der Waals surface area contributed by atoms with E-state index in [2.05, 4.69) is 0 Å². The first kappa shape index (κ1) is 11.2. The maximum Gasteiger partial charge on any atom is 0.333 e. The van der Waals surface area contributed by atoms with Gasteiger partial charge in [0.2, 0.25) is 0 Å². The molecule has 0 spiro atoms. The van der Waals surface area contributed by atoms with Crippen LogP contribution in [0.15, 0.2) is 11.6 Å². The molecule has 0 rings (SSSR count). The van der Waals surface area contributed by atoms with E-state index < -0.39 is 5.60 Å². The van der Waals surface area contributed by atoms with Crippen molar-refractivity contribution in [2.24, 2.45) is 0 Å². The van der Waals surface area contributed by atoms with Gasteiger partial charge in [-0.05, 0) is 27.7 Å². The summed E-state index contributed by atoms with van der Waals surface area (Å²) in [7, 11) is 0. The number of esters is 1. The Bertz CT molecular complexity index is 186. The Morgan fingerprint density at radius 1 is 1.58 bits per heavy atom. The van der Waals surface area contributed by atoms with Crippen molar-refractivity contribution < 1.29 is 14.6 Å². The number of aliphatic hydroxyl groups is 1. The summed E-state index contributed by atoms with van der Waals surface area (Å²) < 4.78 is 4.80. The lowest BCUT2D eigenvalue weighted by molar-refractivity contribution is -0.145. The topological polar surface area (TPSA) is 46.5 Å². The van der Waals surface area contributed by atoms with E-state index in [0.717, 1.165) is 0 Å². The summed E-state index contributed by atoms with van der Waals surface area (Å²) in [6, 6.07) is 0. The van der Waals surface area contributed by atoms with Crippen LogP contribution in [-0.2, 0) is 9.53 Å². The van der Waals surface area contributed by atoms with Gasteiger partial charge in [-0.25, -0.2) is 4.79 Å². The molecule has 0 aromatic carbocycles. The van der Waals surface area contributed by atoms with Crippen LogP contribution in [-0.4, -0.2) is 23.3 Å². The third kappa shape index (κ3) is 4.91. The molecule has 0 aromatic rings. The standard InChI is InChI=1S/C9H16O3/c1-5-7(2)8(10)12-6-9(3,4)11/h5,11H,6H2,1-4H3. The maximum atomic E-state index is 11.0. The number of carbonyl (C=O) groups excluding carboxylic acids is 1. The lowest BCUT2D eigenvalue weighted by Gasteiger charge is -2.16. The van der Waals surface area contributed by atoms with E-state index >= 15 is 0 Å². The van der Waals surface area contributed by atoms with Gasteiger partial charge in [0.25, 0.3) is 0 Å². The molecule has 0 aliphatic rings. The van der Waals surface area contributed by atoms with Gasteiger partial charge in [0, 0.05) is 5.57 Å². The van der Waals surface area contributed by atoms with Crippen LogP contribution in [0.25, 0.3) is 0 Å². The molecule has 0 saturated heterocycles. The zero-order valence-corrected chi connectivity index (χ0v) is 8.05. The molecular weight excluding hydrogens is 156 g/mol. The Morgan fingerprint density at radius 2 is 2.08 bits per heavy atom. The number of ether oxygens (including phenoxy) is 1. The number of allylic oxidation sites excluding steroid dienone is 1. The molecule has 0 aromatic heterocycles. The van der Waals surface area contributed by atoms with E-state index in [-0.39, 0.29) is 12.6 Å². The molecule has 0 fully saturated rings. The van der Waals surface area contributed by atoms with E-state index in [0.29, 0.717) is 5.57 Å². The predicted molar refractivity (Wildman–Crippen MR) is 46.7 cm³/mol. The maximum absolute atomic E-state index is 11.0. The van der Waals surface area contributed by atoms with Crippen molar-refractivity contribution in [3.8, 4) is 0 Å². The molecule has 0 aliphatic carbocycles. The highest BCUT2D eigenvalue weighted by Crippen LogP contribution is 2.03. The SMILES string of the molecule is CC=C(C)C(=O)OCC(C)(C)O. The lowest BCUT2D eigenvalue weighted by atomic mass is 10.2. The minimum absolute atomic E-state index is 0.0248. The van der Waals surface area contributed by atoms with Gasteiger partial charge in [-0.15, -0.1) is 0 Å². The van der Waals surface area contributed by atoms with Crippen LogP contribution >= 0.6 is 0 Å². The second kappa shape index (κ2) is 4.26. The van der Waals surface area contributed by atoms with Crippen molar-refractivity contribution in [3.63, 3.8) is 0 Å². The Labute approximate surface area is 73.0 Å². The molecule has 0 heterocycles. The van der Waals surface area contributed by atoms with Gasteiger partial charge in [0.1, 0.15) is 6.61 Å². The monoisotopic (exact) mass is 172 g/mol. The average molecular weight is 172 g/mol. The summed E-state index contributed by atoms with van der Waals surface area (Å²) in [5, 5.41) is 9.22. The first-order chi connectivity index (χ1) is 5.37. The van der Waals surface area contributed by atoms with E-state index in [1.54, 1.807) is 33.8 Å². The molecule has 1 N–H and O–H groups in total. The van der Waals surface area contributed by atoms with Crippen LogP contribution in [0.1, 0.15) is 27.7 Å². The Hall–Kier alpha value is -0.830. The third-order valence-electron chi connectivity index (χ3n) is 1.31. The van der Waals surface area contributed by atoms with Crippen molar-refractivity contribution in [1.29, 1.82) is 0 Å². The Kier molecular flexibility index (Phi) is 3.96. The fraction of sp³-hybridized carbons (Fsp3) is 0.667. The van der Waals surface area contributed by atoms with E-state index in [1.807, 2.05) is 0 Å².